The summed E-state index contributed by atoms with van der Waals surface area (Å²) in [6.45, 7) is 5.41. The molecule has 0 bridgehead atoms. The molecule has 0 saturated heterocycles. The van der Waals surface area contributed by atoms with Gasteiger partial charge in [0.1, 0.15) is 11.5 Å². The number of methoxy groups -OCH3 is 1. The van der Waals surface area contributed by atoms with E-state index < -0.39 is 10.1 Å². The molecule has 2 aromatic carbocycles. The maximum atomic E-state index is 11.3. The van der Waals surface area contributed by atoms with Crippen LogP contribution in [0.15, 0.2) is 53.6 Å². The Hall–Kier alpha value is -2.77. The molecule has 0 aliphatic rings. The lowest BCUT2D eigenvalue weighted by Gasteiger charge is -2.11. The van der Waals surface area contributed by atoms with Crippen molar-refractivity contribution in [3.63, 3.8) is 0 Å². The molecule has 0 aliphatic carbocycles. The fourth-order valence-electron chi connectivity index (χ4n) is 2.30. The molecule has 3 N–H and O–H groups in total. The molecular weight excluding hydrogens is 342 g/mol. The first-order valence-electron chi connectivity index (χ1n) is 7.31. The second kappa shape index (κ2) is 7.42. The van der Waals surface area contributed by atoms with Crippen LogP contribution in [0.2, 0.25) is 0 Å². The minimum Gasteiger partial charge on any atom is -0.507 e. The molecule has 25 heavy (non-hydrogen) atoms. The molecule has 0 atom stereocenters. The van der Waals surface area contributed by atoms with Crippen molar-refractivity contribution in [2.75, 3.05) is 12.4 Å². The van der Waals surface area contributed by atoms with Crippen LogP contribution >= 0.6 is 0 Å². The number of allylic oxidation sites excluding steroid dienone is 1. The quantitative estimate of drug-likeness (QED) is 0.678. The number of anilines is 1. The van der Waals surface area contributed by atoms with Gasteiger partial charge in [0.2, 0.25) is 0 Å². The van der Waals surface area contributed by atoms with Gasteiger partial charge in [-0.05, 0) is 48.9 Å². The fraction of sp³-hybridized carbons (Fsp3) is 0.111. The van der Waals surface area contributed by atoms with Crippen molar-refractivity contribution < 1.29 is 22.8 Å². The highest BCUT2D eigenvalue weighted by Crippen LogP contribution is 2.29. The molecule has 0 amide bonds. The number of rotatable bonds is 6. The number of phenolic OH excluding ortho intramolecular Hbond substituents is 1. The Balaban J connectivity index is 2.40. The summed E-state index contributed by atoms with van der Waals surface area (Å²) in [6, 6.07) is 9.51. The molecule has 0 spiro atoms. The second-order valence-electron chi connectivity index (χ2n) is 5.31. The molecule has 7 heteroatoms. The van der Waals surface area contributed by atoms with Crippen molar-refractivity contribution in [2.45, 2.75) is 11.8 Å². The Kier molecular flexibility index (Phi) is 5.51. The van der Waals surface area contributed by atoms with Gasteiger partial charge in [-0.2, -0.15) is 8.42 Å². The van der Waals surface area contributed by atoms with Gasteiger partial charge in [0.05, 0.1) is 12.0 Å². The highest BCUT2D eigenvalue weighted by molar-refractivity contribution is 7.85. The van der Waals surface area contributed by atoms with E-state index in [9.17, 15) is 18.1 Å². The summed E-state index contributed by atoms with van der Waals surface area (Å²) in [5.41, 5.74) is 2.27. The SMILES string of the molecule is C=Cc1c(O)cc(S(=O)(=O)O)cc1/C=C(\C)Nc1ccc(OC)cc1. The number of phenols is 1. The number of benzene rings is 2. The zero-order valence-corrected chi connectivity index (χ0v) is 14.7. The molecule has 0 aliphatic heterocycles. The molecule has 0 heterocycles. The van der Waals surface area contributed by atoms with Gasteiger partial charge in [0.25, 0.3) is 10.1 Å². The van der Waals surface area contributed by atoms with Crippen molar-refractivity contribution in [1.29, 1.82) is 0 Å². The summed E-state index contributed by atoms with van der Waals surface area (Å²) in [4.78, 5) is -0.390. The van der Waals surface area contributed by atoms with Gasteiger partial charge in [0.15, 0.2) is 0 Å². The van der Waals surface area contributed by atoms with E-state index in [1.54, 1.807) is 32.2 Å². The molecule has 0 fully saturated rings. The molecule has 132 valence electrons. The zero-order chi connectivity index (χ0) is 18.6. The molecule has 2 rings (SSSR count). The van der Waals surface area contributed by atoms with Crippen LogP contribution in [0.25, 0.3) is 12.2 Å². The molecule has 0 aromatic heterocycles. The van der Waals surface area contributed by atoms with Gasteiger partial charge in [0, 0.05) is 23.0 Å². The molecule has 2 aromatic rings. The van der Waals surface area contributed by atoms with Gasteiger partial charge < -0.3 is 15.2 Å². The second-order valence-corrected chi connectivity index (χ2v) is 6.73. The Morgan fingerprint density at radius 1 is 1.24 bits per heavy atom. The average molecular weight is 361 g/mol. The predicted molar refractivity (Wildman–Crippen MR) is 98.3 cm³/mol. The number of nitrogens with one attached hydrogen (secondary N) is 1. The minimum absolute atomic E-state index is 0.284. The topological polar surface area (TPSA) is 95.9 Å². The highest BCUT2D eigenvalue weighted by Gasteiger charge is 2.15. The zero-order valence-electron chi connectivity index (χ0n) is 13.9. The standard InChI is InChI=1S/C18H19NO5S/c1-4-17-13(10-16(11-18(17)20)25(21,22)23)9-12(2)19-14-5-7-15(24-3)8-6-14/h4-11,19-20H,1H2,2-3H3,(H,21,22,23)/b12-9+. The minimum atomic E-state index is -4.43. The lowest BCUT2D eigenvalue weighted by molar-refractivity contribution is 0.415. The monoisotopic (exact) mass is 361 g/mol. The van der Waals surface area contributed by atoms with Crippen LogP contribution in [-0.2, 0) is 10.1 Å². The lowest BCUT2D eigenvalue weighted by Crippen LogP contribution is -2.00. The van der Waals surface area contributed by atoms with Gasteiger partial charge >= 0.3 is 0 Å². The Morgan fingerprint density at radius 3 is 2.40 bits per heavy atom. The number of hydrogen-bond donors (Lipinski definition) is 3. The van der Waals surface area contributed by atoms with Crippen LogP contribution in [0.4, 0.5) is 5.69 Å². The third kappa shape index (κ3) is 4.62. The van der Waals surface area contributed by atoms with Crippen molar-refractivity contribution in [2.24, 2.45) is 0 Å². The van der Waals surface area contributed by atoms with E-state index >= 15 is 0 Å². The molecule has 0 unspecified atom stereocenters. The molecule has 6 nitrogen and oxygen atoms in total. The van der Waals surface area contributed by atoms with E-state index in [1.807, 2.05) is 12.1 Å². The maximum Gasteiger partial charge on any atom is 0.294 e. The van der Waals surface area contributed by atoms with Gasteiger partial charge in [-0.25, -0.2) is 0 Å². The van der Waals surface area contributed by atoms with Crippen LogP contribution in [-0.4, -0.2) is 25.2 Å². The van der Waals surface area contributed by atoms with E-state index in [1.165, 1.54) is 12.1 Å². The fourth-order valence-corrected chi connectivity index (χ4v) is 2.83. The van der Waals surface area contributed by atoms with Gasteiger partial charge in [-0.1, -0.05) is 12.7 Å². The Bertz CT molecular complexity index is 915. The summed E-state index contributed by atoms with van der Waals surface area (Å²) in [5, 5.41) is 13.1. The van der Waals surface area contributed by atoms with E-state index in [4.69, 9.17) is 4.74 Å². The van der Waals surface area contributed by atoms with E-state index in [0.29, 0.717) is 16.8 Å². The molecule has 0 radical (unpaired) electrons. The lowest BCUT2D eigenvalue weighted by atomic mass is 10.1. The van der Waals surface area contributed by atoms with Gasteiger partial charge in [-0.15, -0.1) is 0 Å². The summed E-state index contributed by atoms with van der Waals surface area (Å²) in [5.74, 6) is 0.445. The first kappa shape index (κ1) is 18.6. The first-order chi connectivity index (χ1) is 11.7. The Morgan fingerprint density at radius 2 is 1.88 bits per heavy atom. The number of aromatic hydroxyl groups is 1. The average Bonchev–Trinajstić information content (AvgIpc) is 2.54. The van der Waals surface area contributed by atoms with Crippen molar-refractivity contribution in [3.8, 4) is 11.5 Å². The van der Waals surface area contributed by atoms with Crippen LogP contribution in [0.3, 0.4) is 0 Å². The third-order valence-corrected chi connectivity index (χ3v) is 4.30. The number of ether oxygens (including phenoxy) is 1. The summed E-state index contributed by atoms with van der Waals surface area (Å²) < 4.78 is 37.0. The summed E-state index contributed by atoms with van der Waals surface area (Å²) in [7, 11) is -2.85. The third-order valence-electron chi connectivity index (χ3n) is 3.47. The van der Waals surface area contributed by atoms with E-state index in [2.05, 4.69) is 11.9 Å². The van der Waals surface area contributed by atoms with Crippen molar-refractivity contribution in [3.05, 3.63) is 59.8 Å². The van der Waals surface area contributed by atoms with Crippen LogP contribution in [0.5, 0.6) is 11.5 Å². The van der Waals surface area contributed by atoms with E-state index in [-0.39, 0.29) is 10.6 Å². The normalized spacial score (nSPS) is 11.9. The van der Waals surface area contributed by atoms with Crippen LogP contribution in [0, 0.1) is 0 Å². The van der Waals surface area contributed by atoms with E-state index in [0.717, 1.165) is 17.5 Å². The molecular formula is C18H19NO5S. The highest BCUT2D eigenvalue weighted by atomic mass is 32.2. The summed E-state index contributed by atoms with van der Waals surface area (Å²) >= 11 is 0. The van der Waals surface area contributed by atoms with Crippen LogP contribution < -0.4 is 10.1 Å². The van der Waals surface area contributed by atoms with Crippen LogP contribution in [0.1, 0.15) is 18.1 Å². The predicted octanol–water partition coefficient (Wildman–Crippen LogP) is 3.76. The maximum absolute atomic E-state index is 11.3. The van der Waals surface area contributed by atoms with Crippen molar-refractivity contribution >= 4 is 28.0 Å². The van der Waals surface area contributed by atoms with Crippen molar-refractivity contribution in [1.82, 2.24) is 0 Å². The summed E-state index contributed by atoms with van der Waals surface area (Å²) in [6.07, 6.45) is 3.06. The van der Waals surface area contributed by atoms with Gasteiger partial charge in [-0.3, -0.25) is 4.55 Å². The number of hydrogen-bond acceptors (Lipinski definition) is 5. The first-order valence-corrected chi connectivity index (χ1v) is 8.75. The largest absolute Gasteiger partial charge is 0.507 e. The Labute approximate surface area is 146 Å². The molecule has 0 saturated carbocycles. The smallest absolute Gasteiger partial charge is 0.294 e.